The second-order valence-corrected chi connectivity index (χ2v) is 5.36. The topological polar surface area (TPSA) is 99.0 Å². The largest absolute Gasteiger partial charge is 0.497 e. The third kappa shape index (κ3) is 3.72. The van der Waals surface area contributed by atoms with E-state index in [-0.39, 0.29) is 18.9 Å². The average Bonchev–Trinajstić information content (AvgIpc) is 2.75. The van der Waals surface area contributed by atoms with E-state index < -0.39 is 24.2 Å². The zero-order valence-corrected chi connectivity index (χ0v) is 11.9. The molecule has 0 unspecified atom stereocenters. The standard InChI is InChI=1S/C15H21NO5/c1-21-11-4-2-3-9(5-11)6-13(18)16-12-7-10(8-17)14(19)15(12)20/h2-5,10,12,14-15,17,19-20H,6-8H2,1H3,(H,16,18)/t10-,12-,14-,15+/m1/s1. The molecule has 1 aliphatic rings. The Morgan fingerprint density at radius 2 is 2.14 bits per heavy atom. The van der Waals surface area contributed by atoms with Crippen LogP contribution in [-0.2, 0) is 11.2 Å². The molecule has 1 aliphatic carbocycles. The lowest BCUT2D eigenvalue weighted by Crippen LogP contribution is -2.43. The molecule has 6 nitrogen and oxygen atoms in total. The first-order chi connectivity index (χ1) is 10.0. The maximum Gasteiger partial charge on any atom is 0.224 e. The van der Waals surface area contributed by atoms with E-state index in [0.717, 1.165) is 5.56 Å². The van der Waals surface area contributed by atoms with Crippen molar-refractivity contribution in [1.82, 2.24) is 5.32 Å². The van der Waals surface area contributed by atoms with Crippen molar-refractivity contribution >= 4 is 5.91 Å². The molecule has 0 saturated heterocycles. The van der Waals surface area contributed by atoms with Crippen LogP contribution in [0.4, 0.5) is 0 Å². The fraction of sp³-hybridized carbons (Fsp3) is 0.533. The summed E-state index contributed by atoms with van der Waals surface area (Å²) in [5.41, 5.74) is 0.804. The van der Waals surface area contributed by atoms with Crippen molar-refractivity contribution in [3.63, 3.8) is 0 Å². The maximum atomic E-state index is 12.0. The smallest absolute Gasteiger partial charge is 0.224 e. The molecule has 0 heterocycles. The first-order valence-corrected chi connectivity index (χ1v) is 6.94. The van der Waals surface area contributed by atoms with Crippen molar-refractivity contribution in [1.29, 1.82) is 0 Å². The van der Waals surface area contributed by atoms with Gasteiger partial charge in [-0.1, -0.05) is 12.1 Å². The molecular weight excluding hydrogens is 274 g/mol. The Kier molecular flexibility index (Phi) is 5.17. The number of aliphatic hydroxyl groups excluding tert-OH is 3. The minimum Gasteiger partial charge on any atom is -0.497 e. The number of hydrogen-bond acceptors (Lipinski definition) is 5. The summed E-state index contributed by atoms with van der Waals surface area (Å²) in [5.74, 6) is 0.0391. The summed E-state index contributed by atoms with van der Waals surface area (Å²) in [6.45, 7) is -0.208. The third-order valence-corrected chi connectivity index (χ3v) is 3.88. The fourth-order valence-electron chi connectivity index (χ4n) is 2.67. The van der Waals surface area contributed by atoms with Crippen LogP contribution in [0.1, 0.15) is 12.0 Å². The molecule has 1 fully saturated rings. The molecule has 116 valence electrons. The van der Waals surface area contributed by atoms with Crippen molar-refractivity contribution in [3.8, 4) is 5.75 Å². The Morgan fingerprint density at radius 3 is 2.76 bits per heavy atom. The highest BCUT2D eigenvalue weighted by molar-refractivity contribution is 5.79. The quantitative estimate of drug-likeness (QED) is 0.584. The lowest BCUT2D eigenvalue weighted by Gasteiger charge is -2.18. The molecule has 1 saturated carbocycles. The Labute approximate surface area is 123 Å². The molecule has 0 spiro atoms. The number of aliphatic hydroxyl groups is 3. The Bertz CT molecular complexity index is 493. The summed E-state index contributed by atoms with van der Waals surface area (Å²) in [5, 5.41) is 31.4. The van der Waals surface area contributed by atoms with Crippen molar-refractivity contribution in [2.75, 3.05) is 13.7 Å². The maximum absolute atomic E-state index is 12.0. The van der Waals surface area contributed by atoms with Gasteiger partial charge in [0.05, 0.1) is 25.7 Å². The number of rotatable bonds is 5. The first kappa shape index (κ1) is 15.8. The minimum atomic E-state index is -1.04. The van der Waals surface area contributed by atoms with Crippen molar-refractivity contribution < 1.29 is 24.9 Å². The lowest BCUT2D eigenvalue weighted by molar-refractivity contribution is -0.122. The van der Waals surface area contributed by atoms with Gasteiger partial charge in [0.25, 0.3) is 0 Å². The zero-order valence-electron chi connectivity index (χ0n) is 11.9. The number of methoxy groups -OCH3 is 1. The second kappa shape index (κ2) is 6.89. The van der Waals surface area contributed by atoms with Gasteiger partial charge in [0.2, 0.25) is 5.91 Å². The number of ether oxygens (including phenoxy) is 1. The molecule has 2 rings (SSSR count). The van der Waals surface area contributed by atoms with Crippen LogP contribution in [0.5, 0.6) is 5.75 Å². The number of amides is 1. The van der Waals surface area contributed by atoms with Gasteiger partial charge in [-0.25, -0.2) is 0 Å². The van der Waals surface area contributed by atoms with E-state index in [2.05, 4.69) is 5.32 Å². The van der Waals surface area contributed by atoms with Crippen molar-refractivity contribution in [2.45, 2.75) is 31.1 Å². The van der Waals surface area contributed by atoms with Gasteiger partial charge < -0.3 is 25.4 Å². The predicted molar refractivity (Wildman–Crippen MR) is 75.8 cm³/mol. The number of hydrogen-bond donors (Lipinski definition) is 4. The third-order valence-electron chi connectivity index (χ3n) is 3.88. The molecular formula is C15H21NO5. The van der Waals surface area contributed by atoms with Crippen LogP contribution in [0.3, 0.4) is 0 Å². The average molecular weight is 295 g/mol. The molecule has 1 aromatic rings. The van der Waals surface area contributed by atoms with Crippen LogP contribution in [0, 0.1) is 5.92 Å². The zero-order chi connectivity index (χ0) is 15.4. The molecule has 1 amide bonds. The molecule has 4 N–H and O–H groups in total. The van der Waals surface area contributed by atoms with E-state index in [1.165, 1.54) is 0 Å². The van der Waals surface area contributed by atoms with E-state index >= 15 is 0 Å². The number of nitrogens with one attached hydrogen (secondary N) is 1. The van der Waals surface area contributed by atoms with Gasteiger partial charge in [0.1, 0.15) is 11.9 Å². The van der Waals surface area contributed by atoms with E-state index in [4.69, 9.17) is 9.84 Å². The van der Waals surface area contributed by atoms with Crippen LogP contribution >= 0.6 is 0 Å². The monoisotopic (exact) mass is 295 g/mol. The summed E-state index contributed by atoms with van der Waals surface area (Å²) in [4.78, 5) is 12.0. The molecule has 21 heavy (non-hydrogen) atoms. The van der Waals surface area contributed by atoms with Crippen LogP contribution in [0.25, 0.3) is 0 Å². The van der Waals surface area contributed by atoms with E-state index in [1.54, 1.807) is 25.3 Å². The summed E-state index contributed by atoms with van der Waals surface area (Å²) in [7, 11) is 1.56. The molecule has 0 aromatic heterocycles. The van der Waals surface area contributed by atoms with Gasteiger partial charge in [-0.2, -0.15) is 0 Å². The van der Waals surface area contributed by atoms with E-state index in [1.807, 2.05) is 6.07 Å². The van der Waals surface area contributed by atoms with E-state index in [9.17, 15) is 15.0 Å². The van der Waals surface area contributed by atoms with Gasteiger partial charge in [0, 0.05) is 12.5 Å². The van der Waals surface area contributed by atoms with Crippen LogP contribution < -0.4 is 10.1 Å². The fourth-order valence-corrected chi connectivity index (χ4v) is 2.67. The van der Waals surface area contributed by atoms with Gasteiger partial charge in [-0.3, -0.25) is 4.79 Å². The first-order valence-electron chi connectivity index (χ1n) is 6.94. The van der Waals surface area contributed by atoms with Crippen LogP contribution in [0.15, 0.2) is 24.3 Å². The van der Waals surface area contributed by atoms with Crippen molar-refractivity contribution in [2.24, 2.45) is 5.92 Å². The van der Waals surface area contributed by atoms with Gasteiger partial charge >= 0.3 is 0 Å². The number of carbonyl (C=O) groups is 1. The van der Waals surface area contributed by atoms with Crippen LogP contribution in [-0.4, -0.2) is 53.2 Å². The molecule has 0 aliphatic heterocycles. The molecule has 4 atom stereocenters. The highest BCUT2D eigenvalue weighted by Crippen LogP contribution is 2.26. The Balaban J connectivity index is 1.93. The minimum absolute atomic E-state index is 0.167. The molecule has 1 aromatic carbocycles. The highest BCUT2D eigenvalue weighted by Gasteiger charge is 2.41. The lowest BCUT2D eigenvalue weighted by atomic mass is 10.1. The molecule has 0 radical (unpaired) electrons. The van der Waals surface area contributed by atoms with Gasteiger partial charge in [0.15, 0.2) is 0 Å². The summed E-state index contributed by atoms with van der Waals surface area (Å²) in [6, 6.07) is 6.66. The normalized spacial score (nSPS) is 28.4. The number of benzene rings is 1. The van der Waals surface area contributed by atoms with Gasteiger partial charge in [-0.15, -0.1) is 0 Å². The Hall–Kier alpha value is -1.63. The molecule has 6 heteroatoms. The SMILES string of the molecule is COc1cccc(CC(=O)N[C@@H]2C[C@H](CO)[C@@H](O)[C@H]2O)c1. The van der Waals surface area contributed by atoms with E-state index in [0.29, 0.717) is 12.2 Å². The number of carbonyl (C=O) groups excluding carboxylic acids is 1. The second-order valence-electron chi connectivity index (χ2n) is 5.36. The van der Waals surface area contributed by atoms with Crippen LogP contribution in [0.2, 0.25) is 0 Å². The molecule has 0 bridgehead atoms. The summed E-state index contributed by atoms with van der Waals surface area (Å²) < 4.78 is 5.10. The predicted octanol–water partition coefficient (Wildman–Crippen LogP) is -0.544. The summed E-state index contributed by atoms with van der Waals surface area (Å²) in [6.07, 6.45) is -1.52. The Morgan fingerprint density at radius 1 is 1.38 bits per heavy atom. The van der Waals surface area contributed by atoms with Crippen molar-refractivity contribution in [3.05, 3.63) is 29.8 Å². The highest BCUT2D eigenvalue weighted by atomic mass is 16.5. The van der Waals surface area contributed by atoms with Gasteiger partial charge in [-0.05, 0) is 24.1 Å². The summed E-state index contributed by atoms with van der Waals surface area (Å²) >= 11 is 0.